The minimum Gasteiger partial charge on any atom is -0.465 e. The molecule has 3 aromatic rings. The van der Waals surface area contributed by atoms with Crippen LogP contribution in [0.2, 0.25) is 0 Å². The van der Waals surface area contributed by atoms with E-state index in [1.165, 1.54) is 11.2 Å². The van der Waals surface area contributed by atoms with Gasteiger partial charge in [-0.15, -0.1) is 0 Å². The van der Waals surface area contributed by atoms with Crippen LogP contribution >= 0.6 is 0 Å². The molecule has 0 aliphatic rings. The van der Waals surface area contributed by atoms with E-state index in [-0.39, 0.29) is 0 Å². The van der Waals surface area contributed by atoms with Crippen LogP contribution in [0.4, 0.5) is 16.3 Å². The number of nitrogens with zero attached hydrogens (tertiary/aromatic N) is 3. The van der Waals surface area contributed by atoms with E-state index >= 15 is 0 Å². The zero-order chi connectivity index (χ0) is 21.2. The van der Waals surface area contributed by atoms with Crippen molar-refractivity contribution >= 4 is 34.4 Å². The lowest BCUT2D eigenvalue weighted by Crippen LogP contribution is -2.45. The van der Waals surface area contributed by atoms with Gasteiger partial charge in [-0.25, -0.2) is 14.8 Å². The van der Waals surface area contributed by atoms with E-state index in [4.69, 9.17) is 5.73 Å². The van der Waals surface area contributed by atoms with Gasteiger partial charge in [-0.05, 0) is 50.6 Å². The molecule has 0 unspecified atom stereocenters. The monoisotopic (exact) mass is 393 g/mol. The molecule has 0 aliphatic heterocycles. The Labute approximate surface area is 168 Å². The number of anilines is 2. The standard InChI is InChI=1S/C21H23N5O3/c1-21(2,3)26(20(28)29)14-9-7-13(8-10-14)11-23-19-16-6-4-5-15(18(22)27)17(16)24-12-25-19/h4-10,12H,11H2,1-3H3,(H2,22,27)(H,28,29)(H,23,24,25). The van der Waals surface area contributed by atoms with Gasteiger partial charge in [0.25, 0.3) is 5.91 Å². The maximum Gasteiger partial charge on any atom is 0.412 e. The van der Waals surface area contributed by atoms with E-state index in [0.29, 0.717) is 34.5 Å². The van der Waals surface area contributed by atoms with Crippen LogP contribution in [-0.2, 0) is 6.54 Å². The molecule has 0 fully saturated rings. The van der Waals surface area contributed by atoms with Crippen LogP contribution in [0.5, 0.6) is 0 Å². The van der Waals surface area contributed by atoms with Crippen LogP contribution in [-0.4, -0.2) is 32.6 Å². The highest BCUT2D eigenvalue weighted by molar-refractivity contribution is 6.06. The lowest BCUT2D eigenvalue weighted by molar-refractivity contribution is 0.100. The smallest absolute Gasteiger partial charge is 0.412 e. The van der Waals surface area contributed by atoms with Crippen molar-refractivity contribution in [2.75, 3.05) is 10.2 Å². The lowest BCUT2D eigenvalue weighted by Gasteiger charge is -2.33. The van der Waals surface area contributed by atoms with Gasteiger partial charge in [-0.3, -0.25) is 9.69 Å². The van der Waals surface area contributed by atoms with Crippen LogP contribution in [0.3, 0.4) is 0 Å². The molecule has 0 saturated carbocycles. The predicted molar refractivity (Wildman–Crippen MR) is 112 cm³/mol. The molecule has 2 aromatic carbocycles. The van der Waals surface area contributed by atoms with Crippen LogP contribution in [0, 0.1) is 0 Å². The number of primary amides is 1. The Morgan fingerprint density at radius 1 is 1.10 bits per heavy atom. The normalized spacial score (nSPS) is 11.3. The Morgan fingerprint density at radius 2 is 1.79 bits per heavy atom. The van der Waals surface area contributed by atoms with Gasteiger partial charge in [0.15, 0.2) is 0 Å². The SMILES string of the molecule is CC(C)(C)N(C(=O)O)c1ccc(CNc2ncnc3c(C(N)=O)cccc23)cc1. The molecule has 29 heavy (non-hydrogen) atoms. The maximum absolute atomic E-state index is 11.6. The first kappa shape index (κ1) is 20.1. The second-order valence-corrected chi connectivity index (χ2v) is 7.60. The third kappa shape index (κ3) is 4.26. The van der Waals surface area contributed by atoms with Crippen LogP contribution in [0.1, 0.15) is 36.7 Å². The molecule has 1 aromatic heterocycles. The lowest BCUT2D eigenvalue weighted by atomic mass is 10.0. The highest BCUT2D eigenvalue weighted by atomic mass is 16.4. The molecule has 3 rings (SSSR count). The molecule has 0 radical (unpaired) electrons. The minimum atomic E-state index is -0.999. The minimum absolute atomic E-state index is 0.341. The summed E-state index contributed by atoms with van der Waals surface area (Å²) in [5.41, 5.74) is 7.26. The highest BCUT2D eigenvalue weighted by Gasteiger charge is 2.27. The van der Waals surface area contributed by atoms with Gasteiger partial charge in [-0.2, -0.15) is 0 Å². The summed E-state index contributed by atoms with van der Waals surface area (Å²) < 4.78 is 0. The molecule has 2 amide bonds. The summed E-state index contributed by atoms with van der Waals surface area (Å²) in [6.07, 6.45) is 0.384. The van der Waals surface area contributed by atoms with Gasteiger partial charge < -0.3 is 16.2 Å². The third-order valence-corrected chi connectivity index (χ3v) is 4.45. The summed E-state index contributed by atoms with van der Waals surface area (Å²) in [7, 11) is 0. The molecule has 8 nitrogen and oxygen atoms in total. The Kier molecular flexibility index (Phi) is 5.36. The number of hydrogen-bond donors (Lipinski definition) is 3. The van der Waals surface area contributed by atoms with E-state index in [1.807, 2.05) is 39.0 Å². The Balaban J connectivity index is 1.82. The van der Waals surface area contributed by atoms with E-state index < -0.39 is 17.5 Å². The van der Waals surface area contributed by atoms with Gasteiger partial charge in [0, 0.05) is 23.2 Å². The number of carbonyl (C=O) groups is 2. The van der Waals surface area contributed by atoms with Crippen molar-refractivity contribution in [1.29, 1.82) is 0 Å². The number of nitrogens with one attached hydrogen (secondary N) is 1. The number of fused-ring (bicyclic) bond motifs is 1. The fourth-order valence-electron chi connectivity index (χ4n) is 3.16. The fraction of sp³-hybridized carbons (Fsp3) is 0.238. The average molecular weight is 393 g/mol. The number of carbonyl (C=O) groups excluding carboxylic acids is 1. The highest BCUT2D eigenvalue weighted by Crippen LogP contribution is 2.25. The number of amides is 2. The molecule has 0 bridgehead atoms. The van der Waals surface area contributed by atoms with Crippen molar-refractivity contribution in [2.45, 2.75) is 32.9 Å². The van der Waals surface area contributed by atoms with Crippen molar-refractivity contribution in [1.82, 2.24) is 9.97 Å². The number of nitrogens with two attached hydrogens (primary N) is 1. The predicted octanol–water partition coefficient (Wildman–Crippen LogP) is 3.62. The Bertz CT molecular complexity index is 1060. The van der Waals surface area contributed by atoms with Gasteiger partial charge >= 0.3 is 6.09 Å². The number of aromatic nitrogens is 2. The summed E-state index contributed by atoms with van der Waals surface area (Å²) in [6, 6.07) is 12.5. The largest absolute Gasteiger partial charge is 0.465 e. The molecule has 0 spiro atoms. The van der Waals surface area contributed by atoms with Gasteiger partial charge in [0.2, 0.25) is 0 Å². The molecule has 4 N–H and O–H groups in total. The number of rotatable bonds is 5. The summed E-state index contributed by atoms with van der Waals surface area (Å²) >= 11 is 0. The van der Waals surface area contributed by atoms with Crippen molar-refractivity contribution < 1.29 is 14.7 Å². The second-order valence-electron chi connectivity index (χ2n) is 7.60. The summed E-state index contributed by atoms with van der Waals surface area (Å²) in [5, 5.41) is 13.5. The molecule has 0 aliphatic carbocycles. The number of hydrogen-bond acceptors (Lipinski definition) is 5. The summed E-state index contributed by atoms with van der Waals surface area (Å²) in [6.45, 7) is 6.00. The second kappa shape index (κ2) is 7.75. The van der Waals surface area contributed by atoms with Gasteiger partial charge in [0.05, 0.1) is 11.1 Å². The summed E-state index contributed by atoms with van der Waals surface area (Å²) in [4.78, 5) is 33.0. The van der Waals surface area contributed by atoms with Crippen molar-refractivity contribution in [3.8, 4) is 0 Å². The van der Waals surface area contributed by atoms with Gasteiger partial charge in [0.1, 0.15) is 12.1 Å². The number of benzene rings is 2. The van der Waals surface area contributed by atoms with Gasteiger partial charge in [-0.1, -0.05) is 18.2 Å². The van der Waals surface area contributed by atoms with Crippen LogP contribution < -0.4 is 16.0 Å². The first-order valence-electron chi connectivity index (χ1n) is 9.08. The first-order chi connectivity index (χ1) is 13.7. The average Bonchev–Trinajstić information content (AvgIpc) is 2.65. The quantitative estimate of drug-likeness (QED) is 0.609. The van der Waals surface area contributed by atoms with Crippen molar-refractivity contribution in [3.05, 3.63) is 59.9 Å². The zero-order valence-electron chi connectivity index (χ0n) is 16.5. The number of carboxylic acid groups (broad SMARTS) is 1. The van der Waals surface area contributed by atoms with Crippen molar-refractivity contribution in [3.63, 3.8) is 0 Å². The van der Waals surface area contributed by atoms with E-state index in [0.717, 1.165) is 5.56 Å². The van der Waals surface area contributed by atoms with E-state index in [9.17, 15) is 14.7 Å². The summed E-state index contributed by atoms with van der Waals surface area (Å²) in [5.74, 6) is 0.0432. The molecular formula is C21H23N5O3. The molecule has 0 atom stereocenters. The zero-order valence-corrected chi connectivity index (χ0v) is 16.5. The molecule has 150 valence electrons. The maximum atomic E-state index is 11.6. The number of para-hydroxylation sites is 1. The van der Waals surface area contributed by atoms with Crippen LogP contribution in [0.25, 0.3) is 10.9 Å². The Morgan fingerprint density at radius 3 is 2.38 bits per heavy atom. The molecule has 1 heterocycles. The molecule has 8 heteroatoms. The molecule has 0 saturated heterocycles. The van der Waals surface area contributed by atoms with Crippen LogP contribution in [0.15, 0.2) is 48.8 Å². The Hall–Kier alpha value is -3.68. The first-order valence-corrected chi connectivity index (χ1v) is 9.08. The third-order valence-electron chi connectivity index (χ3n) is 4.45. The molecular weight excluding hydrogens is 370 g/mol. The fourth-order valence-corrected chi connectivity index (χ4v) is 3.16. The van der Waals surface area contributed by atoms with Crippen molar-refractivity contribution in [2.24, 2.45) is 5.73 Å². The van der Waals surface area contributed by atoms with E-state index in [2.05, 4.69) is 15.3 Å². The topological polar surface area (TPSA) is 121 Å². The van der Waals surface area contributed by atoms with E-state index in [1.54, 1.807) is 24.3 Å².